The Balaban J connectivity index is 1.72. The minimum atomic E-state index is -3.70. The average Bonchev–Trinajstić information content (AvgIpc) is 3.12. The summed E-state index contributed by atoms with van der Waals surface area (Å²) >= 11 is 0. The molecule has 0 atom stereocenters. The molecule has 1 fully saturated rings. The molecule has 24 heavy (non-hydrogen) atoms. The first-order valence-electron chi connectivity index (χ1n) is 7.33. The summed E-state index contributed by atoms with van der Waals surface area (Å²) in [7, 11) is -3.70. The van der Waals surface area contributed by atoms with Crippen molar-refractivity contribution in [3.8, 4) is 0 Å². The van der Waals surface area contributed by atoms with Crippen molar-refractivity contribution in [1.29, 1.82) is 0 Å². The summed E-state index contributed by atoms with van der Waals surface area (Å²) in [5, 5.41) is 11.0. The monoisotopic (exact) mass is 355 g/mol. The average molecular weight is 355 g/mol. The number of piperazine rings is 1. The third-order valence-electron chi connectivity index (χ3n) is 3.80. The highest BCUT2D eigenvalue weighted by atomic mass is 32.2. The van der Waals surface area contributed by atoms with Gasteiger partial charge in [0.2, 0.25) is 15.9 Å². The van der Waals surface area contributed by atoms with Gasteiger partial charge in [-0.15, -0.1) is 10.2 Å². The molecule has 11 heteroatoms. The van der Waals surface area contributed by atoms with Gasteiger partial charge in [-0.05, 0) is 13.8 Å². The van der Waals surface area contributed by atoms with Crippen LogP contribution in [0.4, 0.5) is 0 Å². The number of carbonyl (C=O) groups excluding carboxylic acids is 1. The van der Waals surface area contributed by atoms with E-state index in [0.717, 1.165) is 0 Å². The number of aryl methyl sites for hydroxylation is 3. The van der Waals surface area contributed by atoms with Crippen molar-refractivity contribution >= 4 is 15.9 Å². The Morgan fingerprint density at radius 1 is 1.08 bits per heavy atom. The van der Waals surface area contributed by atoms with Crippen LogP contribution < -0.4 is 0 Å². The molecule has 130 valence electrons. The molecule has 0 bridgehead atoms. The van der Waals surface area contributed by atoms with Gasteiger partial charge in [0.15, 0.2) is 5.76 Å². The van der Waals surface area contributed by atoms with Gasteiger partial charge in [0, 0.05) is 33.1 Å². The van der Waals surface area contributed by atoms with Crippen molar-refractivity contribution < 1.29 is 22.2 Å². The predicted octanol–water partition coefficient (Wildman–Crippen LogP) is 0.130. The van der Waals surface area contributed by atoms with Gasteiger partial charge in [-0.2, -0.15) is 4.31 Å². The van der Waals surface area contributed by atoms with Gasteiger partial charge in [0.1, 0.15) is 10.6 Å². The fraction of sp³-hybridized carbons (Fsp3) is 0.538. The molecule has 2 aromatic heterocycles. The molecule has 0 aliphatic carbocycles. The molecule has 10 nitrogen and oxygen atoms in total. The van der Waals surface area contributed by atoms with Crippen molar-refractivity contribution in [1.82, 2.24) is 24.6 Å². The second kappa shape index (κ2) is 5.98. The highest BCUT2D eigenvalue weighted by Gasteiger charge is 2.35. The first-order valence-corrected chi connectivity index (χ1v) is 8.77. The molecule has 1 aliphatic rings. The summed E-state index contributed by atoms with van der Waals surface area (Å²) in [5.41, 5.74) is 0.326. The van der Waals surface area contributed by atoms with Crippen LogP contribution in [0.25, 0.3) is 0 Å². The molecule has 1 aliphatic heterocycles. The van der Waals surface area contributed by atoms with Gasteiger partial charge in [-0.3, -0.25) is 4.79 Å². The lowest BCUT2D eigenvalue weighted by Crippen LogP contribution is -2.50. The number of carbonyl (C=O) groups is 1. The molecular formula is C13H17N5O5S. The summed E-state index contributed by atoms with van der Waals surface area (Å²) in [5.74, 6) is 0.0739. The zero-order valence-electron chi connectivity index (χ0n) is 13.5. The standard InChI is InChI=1S/C13H17N5O5S/c1-8-11(9(2)23-16-8)24(20,21)18-6-4-17(5-7-18)13(19)12-15-14-10(3)22-12/h4-7H2,1-3H3. The van der Waals surface area contributed by atoms with E-state index in [-0.39, 0.29) is 42.7 Å². The fourth-order valence-corrected chi connectivity index (χ4v) is 4.34. The molecular weight excluding hydrogens is 338 g/mol. The van der Waals surface area contributed by atoms with Crippen LogP contribution in [0.15, 0.2) is 13.8 Å². The molecule has 0 saturated carbocycles. The van der Waals surface area contributed by atoms with Crippen LogP contribution >= 0.6 is 0 Å². The van der Waals surface area contributed by atoms with Gasteiger partial charge in [0.25, 0.3) is 0 Å². The third-order valence-corrected chi connectivity index (χ3v) is 5.94. The van der Waals surface area contributed by atoms with E-state index < -0.39 is 15.9 Å². The molecule has 0 unspecified atom stereocenters. The van der Waals surface area contributed by atoms with Gasteiger partial charge in [0.05, 0.1) is 0 Å². The van der Waals surface area contributed by atoms with E-state index in [1.165, 1.54) is 9.21 Å². The van der Waals surface area contributed by atoms with Crippen molar-refractivity contribution in [3.05, 3.63) is 23.2 Å². The second-order valence-electron chi connectivity index (χ2n) is 5.48. The molecule has 3 heterocycles. The summed E-state index contributed by atoms with van der Waals surface area (Å²) in [4.78, 5) is 13.8. The van der Waals surface area contributed by atoms with Crippen LogP contribution in [0.3, 0.4) is 0 Å². The second-order valence-corrected chi connectivity index (χ2v) is 7.35. The van der Waals surface area contributed by atoms with Crippen molar-refractivity contribution in [3.63, 3.8) is 0 Å². The molecule has 0 spiro atoms. The maximum absolute atomic E-state index is 12.7. The Hall–Kier alpha value is -2.27. The van der Waals surface area contributed by atoms with Gasteiger partial charge >= 0.3 is 11.8 Å². The SMILES string of the molecule is Cc1nnc(C(=O)N2CCN(S(=O)(=O)c3c(C)noc3C)CC2)o1. The summed E-state index contributed by atoms with van der Waals surface area (Å²) < 4.78 is 36.8. The van der Waals surface area contributed by atoms with E-state index in [1.807, 2.05) is 0 Å². The first kappa shape index (κ1) is 16.6. The molecule has 3 rings (SSSR count). The lowest BCUT2D eigenvalue weighted by atomic mass is 10.3. The van der Waals surface area contributed by atoms with Crippen LogP contribution in [0, 0.1) is 20.8 Å². The number of hydrogen-bond donors (Lipinski definition) is 0. The first-order chi connectivity index (χ1) is 11.3. The van der Waals surface area contributed by atoms with Crippen LogP contribution in [-0.4, -0.2) is 65.1 Å². The van der Waals surface area contributed by atoms with Crippen LogP contribution in [0.1, 0.15) is 28.0 Å². The lowest BCUT2D eigenvalue weighted by molar-refractivity contribution is 0.0656. The van der Waals surface area contributed by atoms with Crippen LogP contribution in [0.5, 0.6) is 0 Å². The van der Waals surface area contributed by atoms with E-state index in [1.54, 1.807) is 20.8 Å². The molecule has 2 aromatic rings. The zero-order chi connectivity index (χ0) is 17.5. The van der Waals surface area contributed by atoms with Gasteiger partial charge in [-0.1, -0.05) is 5.16 Å². The number of aromatic nitrogens is 3. The zero-order valence-corrected chi connectivity index (χ0v) is 14.3. The Morgan fingerprint density at radius 2 is 1.75 bits per heavy atom. The lowest BCUT2D eigenvalue weighted by Gasteiger charge is -2.33. The highest BCUT2D eigenvalue weighted by Crippen LogP contribution is 2.24. The topological polar surface area (TPSA) is 123 Å². The fourth-order valence-electron chi connectivity index (χ4n) is 2.62. The molecule has 0 N–H and O–H groups in total. The number of nitrogens with zero attached hydrogens (tertiary/aromatic N) is 5. The smallest absolute Gasteiger partial charge is 0.311 e. The van der Waals surface area contributed by atoms with Crippen molar-refractivity contribution in [2.75, 3.05) is 26.2 Å². The molecule has 1 amide bonds. The van der Waals surface area contributed by atoms with Gasteiger partial charge in [-0.25, -0.2) is 8.42 Å². The number of sulfonamides is 1. The maximum Gasteiger partial charge on any atom is 0.311 e. The minimum absolute atomic E-state index is 0.0884. The quantitative estimate of drug-likeness (QED) is 0.761. The molecule has 0 aromatic carbocycles. The number of amides is 1. The summed E-state index contributed by atoms with van der Waals surface area (Å²) in [6.45, 7) is 5.56. The third kappa shape index (κ3) is 2.80. The number of hydrogen-bond acceptors (Lipinski definition) is 8. The summed E-state index contributed by atoms with van der Waals surface area (Å²) in [6, 6.07) is 0. The maximum atomic E-state index is 12.7. The van der Waals surface area contributed by atoms with Crippen molar-refractivity contribution in [2.45, 2.75) is 25.7 Å². The highest BCUT2D eigenvalue weighted by molar-refractivity contribution is 7.89. The largest absolute Gasteiger partial charge is 0.417 e. The predicted molar refractivity (Wildman–Crippen MR) is 79.7 cm³/mol. The van der Waals surface area contributed by atoms with E-state index in [4.69, 9.17) is 8.94 Å². The van der Waals surface area contributed by atoms with Crippen LogP contribution in [0.2, 0.25) is 0 Å². The normalized spacial score (nSPS) is 16.5. The van der Waals surface area contributed by atoms with E-state index in [9.17, 15) is 13.2 Å². The van der Waals surface area contributed by atoms with Crippen molar-refractivity contribution in [2.24, 2.45) is 0 Å². The number of rotatable bonds is 3. The Bertz CT molecular complexity index is 844. The van der Waals surface area contributed by atoms with Crippen LogP contribution in [-0.2, 0) is 10.0 Å². The minimum Gasteiger partial charge on any atom is -0.417 e. The Labute approximate surface area is 138 Å². The van der Waals surface area contributed by atoms with E-state index >= 15 is 0 Å². The van der Waals surface area contributed by atoms with E-state index in [0.29, 0.717) is 11.6 Å². The molecule has 1 saturated heterocycles. The summed E-state index contributed by atoms with van der Waals surface area (Å²) in [6.07, 6.45) is 0. The Kier molecular flexibility index (Phi) is 4.13. The molecule has 0 radical (unpaired) electrons. The van der Waals surface area contributed by atoms with E-state index in [2.05, 4.69) is 15.4 Å². The van der Waals surface area contributed by atoms with Gasteiger partial charge < -0.3 is 13.8 Å². The Morgan fingerprint density at radius 3 is 2.25 bits per heavy atom.